The van der Waals surface area contributed by atoms with Crippen LogP contribution >= 0.6 is 0 Å². The number of anilines is 5. The summed E-state index contributed by atoms with van der Waals surface area (Å²) in [4.78, 5) is 34.4. The fraction of sp³-hybridized carbons (Fsp3) is 0.0323. The van der Waals surface area contributed by atoms with Crippen LogP contribution in [-0.2, 0) is 0 Å². The first kappa shape index (κ1) is 25.2. The van der Waals surface area contributed by atoms with Crippen LogP contribution in [-0.4, -0.2) is 21.8 Å². The van der Waals surface area contributed by atoms with Crippen molar-refractivity contribution in [3.05, 3.63) is 126 Å². The number of hydrogen-bond acceptors (Lipinski definition) is 6. The molecule has 39 heavy (non-hydrogen) atoms. The molecule has 5 N–H and O–H groups in total. The Labute approximate surface area is 226 Å². The lowest BCUT2D eigenvalue weighted by Crippen LogP contribution is -2.16. The number of rotatable bonds is 7. The highest BCUT2D eigenvalue weighted by molar-refractivity contribution is 6.08. The van der Waals surface area contributed by atoms with Gasteiger partial charge in [0.15, 0.2) is 0 Å². The molecular formula is C31H26N6O2. The summed E-state index contributed by atoms with van der Waals surface area (Å²) in [5, 5.41) is 8.75. The number of carbonyl (C=O) groups is 2. The molecule has 2 amide bonds. The fourth-order valence-electron chi connectivity index (χ4n) is 3.99. The Hall–Kier alpha value is -5.50. The molecule has 5 aromatic rings. The molecule has 0 spiro atoms. The van der Waals surface area contributed by atoms with Crippen molar-refractivity contribution < 1.29 is 9.59 Å². The zero-order valence-electron chi connectivity index (χ0n) is 21.2. The maximum atomic E-state index is 13.0. The monoisotopic (exact) mass is 514 g/mol. The first-order valence-corrected chi connectivity index (χ1v) is 12.3. The summed E-state index contributed by atoms with van der Waals surface area (Å²) in [7, 11) is 0. The van der Waals surface area contributed by atoms with E-state index in [2.05, 4.69) is 25.9 Å². The molecule has 8 nitrogen and oxygen atoms in total. The maximum Gasteiger partial charge on any atom is 0.256 e. The van der Waals surface area contributed by atoms with Crippen molar-refractivity contribution >= 4 is 40.5 Å². The van der Waals surface area contributed by atoms with Crippen LogP contribution in [0.2, 0.25) is 0 Å². The summed E-state index contributed by atoms with van der Waals surface area (Å²) in [6.45, 7) is 1.83. The Kier molecular flexibility index (Phi) is 7.27. The zero-order chi connectivity index (χ0) is 27.2. The van der Waals surface area contributed by atoms with Gasteiger partial charge < -0.3 is 21.7 Å². The molecule has 1 aromatic heterocycles. The van der Waals surface area contributed by atoms with Crippen LogP contribution in [0.3, 0.4) is 0 Å². The Morgan fingerprint density at radius 1 is 0.667 bits per heavy atom. The number of benzene rings is 4. The summed E-state index contributed by atoms with van der Waals surface area (Å²) < 4.78 is 0. The summed E-state index contributed by atoms with van der Waals surface area (Å²) in [5.41, 5.74) is 11.9. The highest BCUT2D eigenvalue weighted by Crippen LogP contribution is 2.22. The summed E-state index contributed by atoms with van der Waals surface area (Å²) in [6, 6.07) is 29.8. The van der Waals surface area contributed by atoms with Crippen molar-refractivity contribution in [2.24, 2.45) is 0 Å². The van der Waals surface area contributed by atoms with Crippen molar-refractivity contribution in [1.29, 1.82) is 0 Å². The summed E-state index contributed by atoms with van der Waals surface area (Å²) in [6.07, 6.45) is 3.03. The van der Waals surface area contributed by atoms with Gasteiger partial charge in [0.25, 0.3) is 11.8 Å². The second kappa shape index (κ2) is 11.3. The van der Waals surface area contributed by atoms with Gasteiger partial charge in [-0.05, 0) is 66.1 Å². The highest BCUT2D eigenvalue weighted by Gasteiger charge is 2.13. The molecule has 5 rings (SSSR count). The van der Waals surface area contributed by atoms with E-state index in [1.165, 1.54) is 12.4 Å². The number of aryl methyl sites for hydroxylation is 1. The third kappa shape index (κ3) is 6.26. The van der Waals surface area contributed by atoms with Crippen LogP contribution in [0.25, 0.3) is 11.1 Å². The van der Waals surface area contributed by atoms with E-state index < -0.39 is 0 Å². The normalized spacial score (nSPS) is 10.5. The molecule has 0 saturated heterocycles. The Bertz CT molecular complexity index is 1620. The minimum Gasteiger partial charge on any atom is -0.399 e. The molecule has 0 atom stereocenters. The first-order valence-electron chi connectivity index (χ1n) is 12.3. The standard InChI is InChI=1S/C31H26N6O2/c1-20-10-15-26(35-29(38)23-13-11-22(12-14-23)21-6-3-2-4-7-21)17-28(20)30(39)36-27-18-33-31(34-19-27)37-25-9-5-8-24(32)16-25/h2-19H,32H2,1H3,(H,35,38)(H,36,39)(H,33,34,37). The minimum absolute atomic E-state index is 0.263. The Balaban J connectivity index is 1.23. The molecule has 0 saturated carbocycles. The van der Waals surface area contributed by atoms with Crippen LogP contribution < -0.4 is 21.7 Å². The molecule has 0 unspecified atom stereocenters. The van der Waals surface area contributed by atoms with Crippen molar-refractivity contribution in [2.45, 2.75) is 6.92 Å². The third-order valence-electron chi connectivity index (χ3n) is 6.05. The first-order chi connectivity index (χ1) is 18.9. The van der Waals surface area contributed by atoms with Crippen LogP contribution in [0.4, 0.5) is 28.7 Å². The number of amides is 2. The van der Waals surface area contributed by atoms with Crippen LogP contribution in [0.15, 0.2) is 109 Å². The lowest BCUT2D eigenvalue weighted by molar-refractivity contribution is 0.101. The molecule has 0 aliphatic heterocycles. The average molecular weight is 515 g/mol. The van der Waals surface area contributed by atoms with Gasteiger partial charge in [0.05, 0.1) is 18.1 Å². The smallest absolute Gasteiger partial charge is 0.256 e. The quantitative estimate of drug-likeness (QED) is 0.190. The van der Waals surface area contributed by atoms with Crippen LogP contribution in [0.5, 0.6) is 0 Å². The molecule has 0 fully saturated rings. The van der Waals surface area contributed by atoms with E-state index in [9.17, 15) is 9.59 Å². The zero-order valence-corrected chi connectivity index (χ0v) is 21.2. The maximum absolute atomic E-state index is 13.0. The molecule has 0 bridgehead atoms. The number of nitrogens with zero attached hydrogens (tertiary/aromatic N) is 2. The van der Waals surface area contributed by atoms with E-state index in [4.69, 9.17) is 5.73 Å². The van der Waals surface area contributed by atoms with E-state index in [1.807, 2.05) is 61.5 Å². The van der Waals surface area contributed by atoms with Crippen LogP contribution in [0, 0.1) is 6.92 Å². The molecule has 0 aliphatic carbocycles. The predicted octanol–water partition coefficient (Wildman–Crippen LogP) is 6.28. The molecule has 192 valence electrons. The second-order valence-electron chi connectivity index (χ2n) is 8.93. The van der Waals surface area contributed by atoms with E-state index in [1.54, 1.807) is 42.5 Å². The molecule has 1 heterocycles. The van der Waals surface area contributed by atoms with Gasteiger partial charge in [-0.2, -0.15) is 0 Å². The summed E-state index contributed by atoms with van der Waals surface area (Å²) >= 11 is 0. The van der Waals surface area contributed by atoms with Gasteiger partial charge in [-0.25, -0.2) is 9.97 Å². The number of hydrogen-bond donors (Lipinski definition) is 4. The van der Waals surface area contributed by atoms with Gasteiger partial charge in [0.2, 0.25) is 5.95 Å². The average Bonchev–Trinajstić information content (AvgIpc) is 2.95. The topological polar surface area (TPSA) is 122 Å². The lowest BCUT2D eigenvalue weighted by Gasteiger charge is -2.11. The number of nitrogens with one attached hydrogen (secondary N) is 3. The Morgan fingerprint density at radius 2 is 1.36 bits per heavy atom. The van der Waals surface area contributed by atoms with Gasteiger partial charge in [-0.15, -0.1) is 0 Å². The number of carbonyl (C=O) groups excluding carboxylic acids is 2. The number of nitrogen functional groups attached to an aromatic ring is 1. The minimum atomic E-state index is -0.337. The van der Waals surface area contributed by atoms with E-state index >= 15 is 0 Å². The third-order valence-corrected chi connectivity index (χ3v) is 6.05. The lowest BCUT2D eigenvalue weighted by atomic mass is 10.0. The molecule has 0 radical (unpaired) electrons. The molecule has 0 aliphatic rings. The number of nitrogens with two attached hydrogens (primary N) is 1. The molecule has 4 aromatic carbocycles. The largest absolute Gasteiger partial charge is 0.399 e. The second-order valence-corrected chi connectivity index (χ2v) is 8.93. The van der Waals surface area contributed by atoms with E-state index in [0.717, 1.165) is 22.4 Å². The van der Waals surface area contributed by atoms with Gasteiger partial charge in [0.1, 0.15) is 0 Å². The number of aromatic nitrogens is 2. The summed E-state index contributed by atoms with van der Waals surface area (Å²) in [5.74, 6) is -0.228. The predicted molar refractivity (Wildman–Crippen MR) is 155 cm³/mol. The van der Waals surface area contributed by atoms with Gasteiger partial charge in [0, 0.05) is 28.2 Å². The van der Waals surface area contributed by atoms with Gasteiger partial charge >= 0.3 is 0 Å². The Morgan fingerprint density at radius 3 is 2.08 bits per heavy atom. The highest BCUT2D eigenvalue weighted by atomic mass is 16.2. The van der Waals surface area contributed by atoms with Crippen molar-refractivity contribution in [3.8, 4) is 11.1 Å². The van der Waals surface area contributed by atoms with Crippen LogP contribution in [0.1, 0.15) is 26.3 Å². The molecular weight excluding hydrogens is 488 g/mol. The van der Waals surface area contributed by atoms with Crippen molar-refractivity contribution in [2.75, 3.05) is 21.7 Å². The SMILES string of the molecule is Cc1ccc(NC(=O)c2ccc(-c3ccccc3)cc2)cc1C(=O)Nc1cnc(Nc2cccc(N)c2)nc1. The molecule has 8 heteroatoms. The van der Waals surface area contributed by atoms with E-state index in [0.29, 0.717) is 34.1 Å². The van der Waals surface area contributed by atoms with Gasteiger partial charge in [-0.3, -0.25) is 9.59 Å². The van der Waals surface area contributed by atoms with Gasteiger partial charge in [-0.1, -0.05) is 54.6 Å². The van der Waals surface area contributed by atoms with Crippen molar-refractivity contribution in [1.82, 2.24) is 9.97 Å². The fourth-order valence-corrected chi connectivity index (χ4v) is 3.99. The van der Waals surface area contributed by atoms with Crippen molar-refractivity contribution in [3.63, 3.8) is 0 Å². The van der Waals surface area contributed by atoms with E-state index in [-0.39, 0.29) is 11.8 Å².